The van der Waals surface area contributed by atoms with Gasteiger partial charge in [-0.3, -0.25) is 9.97 Å². The molecule has 0 fully saturated rings. The molecule has 0 bridgehead atoms. The first kappa shape index (κ1) is 15.4. The van der Waals surface area contributed by atoms with Gasteiger partial charge in [0.15, 0.2) is 0 Å². The lowest BCUT2D eigenvalue weighted by Crippen LogP contribution is -2.14. The molecule has 0 amide bonds. The van der Waals surface area contributed by atoms with Gasteiger partial charge in [-0.15, -0.1) is 0 Å². The lowest BCUT2D eigenvalue weighted by Gasteiger charge is -2.08. The van der Waals surface area contributed by atoms with Crippen LogP contribution >= 0.6 is 0 Å². The predicted octanol–water partition coefficient (Wildman–Crippen LogP) is 2.99. The van der Waals surface area contributed by atoms with Crippen LogP contribution in [0, 0.1) is 0 Å². The van der Waals surface area contributed by atoms with Gasteiger partial charge < -0.3 is 10.1 Å². The maximum absolute atomic E-state index is 5.79. The van der Waals surface area contributed by atoms with Crippen LogP contribution < -0.4 is 10.1 Å². The SMILES string of the molecule is CCCNCc1cc(OCCCc2ccncc2)ccn1. The molecule has 1 N–H and O–H groups in total. The highest BCUT2D eigenvalue weighted by Gasteiger charge is 1.99. The number of aromatic nitrogens is 2. The minimum absolute atomic E-state index is 0.716. The maximum Gasteiger partial charge on any atom is 0.122 e. The maximum atomic E-state index is 5.79. The monoisotopic (exact) mass is 285 g/mol. The Morgan fingerprint density at radius 1 is 1.14 bits per heavy atom. The molecule has 2 heterocycles. The normalized spacial score (nSPS) is 10.5. The zero-order valence-electron chi connectivity index (χ0n) is 12.6. The number of hydrogen-bond acceptors (Lipinski definition) is 4. The molecule has 0 aliphatic rings. The van der Waals surface area contributed by atoms with Crippen molar-refractivity contribution in [2.24, 2.45) is 0 Å². The summed E-state index contributed by atoms with van der Waals surface area (Å²) in [6, 6.07) is 8.01. The van der Waals surface area contributed by atoms with Gasteiger partial charge in [-0.05, 0) is 49.6 Å². The first-order valence-corrected chi connectivity index (χ1v) is 7.56. The molecule has 0 atom stereocenters. The average molecular weight is 285 g/mol. The standard InChI is InChI=1S/C17H23N3O/c1-2-8-19-14-16-13-17(7-11-20-16)21-12-3-4-15-5-9-18-10-6-15/h5-7,9-11,13,19H,2-4,8,12,14H2,1H3. The van der Waals surface area contributed by atoms with E-state index in [-0.39, 0.29) is 0 Å². The zero-order valence-corrected chi connectivity index (χ0v) is 12.6. The highest BCUT2D eigenvalue weighted by Crippen LogP contribution is 2.12. The Hall–Kier alpha value is -1.94. The van der Waals surface area contributed by atoms with Gasteiger partial charge in [-0.1, -0.05) is 6.92 Å². The molecule has 0 aliphatic carbocycles. The topological polar surface area (TPSA) is 47.0 Å². The predicted molar refractivity (Wildman–Crippen MR) is 84.3 cm³/mol. The first-order chi connectivity index (χ1) is 10.4. The van der Waals surface area contributed by atoms with Crippen molar-refractivity contribution in [2.75, 3.05) is 13.2 Å². The molecule has 0 unspecified atom stereocenters. The highest BCUT2D eigenvalue weighted by atomic mass is 16.5. The number of aryl methyl sites for hydroxylation is 1. The Morgan fingerprint density at radius 2 is 2.00 bits per heavy atom. The van der Waals surface area contributed by atoms with E-state index >= 15 is 0 Å². The summed E-state index contributed by atoms with van der Waals surface area (Å²) in [5.74, 6) is 0.896. The Kier molecular flexibility index (Phi) is 6.68. The van der Waals surface area contributed by atoms with Crippen LogP contribution in [0.5, 0.6) is 5.75 Å². The molecular formula is C17H23N3O. The van der Waals surface area contributed by atoms with Gasteiger partial charge in [-0.2, -0.15) is 0 Å². The zero-order chi connectivity index (χ0) is 14.8. The largest absolute Gasteiger partial charge is 0.493 e. The van der Waals surface area contributed by atoms with Gasteiger partial charge in [0, 0.05) is 31.2 Å². The quantitative estimate of drug-likeness (QED) is 0.720. The molecule has 2 aromatic heterocycles. The van der Waals surface area contributed by atoms with Crippen molar-refractivity contribution in [3.63, 3.8) is 0 Å². The Balaban J connectivity index is 1.71. The van der Waals surface area contributed by atoms with Crippen LogP contribution in [0.3, 0.4) is 0 Å². The van der Waals surface area contributed by atoms with E-state index in [1.54, 1.807) is 6.20 Å². The fraction of sp³-hybridized carbons (Fsp3) is 0.412. The van der Waals surface area contributed by atoms with Crippen molar-refractivity contribution in [1.82, 2.24) is 15.3 Å². The second-order valence-electron chi connectivity index (χ2n) is 4.97. The van der Waals surface area contributed by atoms with Crippen molar-refractivity contribution in [2.45, 2.75) is 32.7 Å². The number of nitrogens with one attached hydrogen (secondary N) is 1. The molecule has 21 heavy (non-hydrogen) atoms. The minimum Gasteiger partial charge on any atom is -0.493 e. The van der Waals surface area contributed by atoms with Crippen LogP contribution in [0.2, 0.25) is 0 Å². The van der Waals surface area contributed by atoms with E-state index in [1.807, 2.05) is 36.7 Å². The number of pyridine rings is 2. The van der Waals surface area contributed by atoms with Gasteiger partial charge >= 0.3 is 0 Å². The molecule has 4 heteroatoms. The molecule has 0 aromatic carbocycles. The molecular weight excluding hydrogens is 262 g/mol. The fourth-order valence-electron chi connectivity index (χ4n) is 2.05. The average Bonchev–Trinajstić information content (AvgIpc) is 2.53. The third-order valence-electron chi connectivity index (χ3n) is 3.15. The highest BCUT2D eigenvalue weighted by molar-refractivity contribution is 5.22. The molecule has 4 nitrogen and oxygen atoms in total. The minimum atomic E-state index is 0.716. The lowest BCUT2D eigenvalue weighted by molar-refractivity contribution is 0.310. The summed E-state index contributed by atoms with van der Waals surface area (Å²) in [6.45, 7) is 4.68. The van der Waals surface area contributed by atoms with E-state index in [9.17, 15) is 0 Å². The molecule has 2 aromatic rings. The lowest BCUT2D eigenvalue weighted by atomic mass is 10.1. The number of hydrogen-bond donors (Lipinski definition) is 1. The van der Waals surface area contributed by atoms with Crippen LogP contribution in [-0.2, 0) is 13.0 Å². The van der Waals surface area contributed by atoms with Crippen molar-refractivity contribution in [3.05, 3.63) is 54.1 Å². The van der Waals surface area contributed by atoms with Crippen molar-refractivity contribution in [1.29, 1.82) is 0 Å². The summed E-state index contributed by atoms with van der Waals surface area (Å²) in [4.78, 5) is 8.35. The van der Waals surface area contributed by atoms with Gasteiger partial charge in [0.1, 0.15) is 5.75 Å². The summed E-state index contributed by atoms with van der Waals surface area (Å²) in [6.07, 6.45) is 8.60. The number of ether oxygens (including phenoxy) is 1. The molecule has 0 saturated heterocycles. The van der Waals surface area contributed by atoms with Crippen LogP contribution in [0.4, 0.5) is 0 Å². The Bertz CT molecular complexity index is 516. The summed E-state index contributed by atoms with van der Waals surface area (Å²) in [7, 11) is 0. The number of nitrogens with zero attached hydrogens (tertiary/aromatic N) is 2. The molecule has 112 valence electrons. The fourth-order valence-corrected chi connectivity index (χ4v) is 2.05. The molecule has 0 saturated carbocycles. The van der Waals surface area contributed by atoms with Crippen molar-refractivity contribution in [3.8, 4) is 5.75 Å². The van der Waals surface area contributed by atoms with Crippen molar-refractivity contribution >= 4 is 0 Å². The smallest absolute Gasteiger partial charge is 0.122 e. The van der Waals surface area contributed by atoms with E-state index < -0.39 is 0 Å². The molecule has 0 aliphatic heterocycles. The third kappa shape index (κ3) is 5.92. The molecule has 2 rings (SSSR count). The first-order valence-electron chi connectivity index (χ1n) is 7.56. The second kappa shape index (κ2) is 9.08. The van der Waals surface area contributed by atoms with Gasteiger partial charge in [-0.25, -0.2) is 0 Å². The second-order valence-corrected chi connectivity index (χ2v) is 4.97. The number of rotatable bonds is 9. The van der Waals surface area contributed by atoms with E-state index in [4.69, 9.17) is 4.74 Å². The van der Waals surface area contributed by atoms with E-state index in [1.165, 1.54) is 5.56 Å². The molecule has 0 radical (unpaired) electrons. The van der Waals surface area contributed by atoms with E-state index in [0.29, 0.717) is 6.61 Å². The Labute approximate surface area is 126 Å². The van der Waals surface area contributed by atoms with Crippen LogP contribution in [0.1, 0.15) is 31.0 Å². The van der Waals surface area contributed by atoms with Gasteiger partial charge in [0.2, 0.25) is 0 Å². The van der Waals surface area contributed by atoms with Crippen LogP contribution in [-0.4, -0.2) is 23.1 Å². The van der Waals surface area contributed by atoms with Crippen molar-refractivity contribution < 1.29 is 4.74 Å². The van der Waals surface area contributed by atoms with Crippen LogP contribution in [0.25, 0.3) is 0 Å². The van der Waals surface area contributed by atoms with E-state index in [2.05, 4.69) is 22.2 Å². The van der Waals surface area contributed by atoms with Gasteiger partial charge in [0.05, 0.1) is 12.3 Å². The summed E-state index contributed by atoms with van der Waals surface area (Å²) >= 11 is 0. The third-order valence-corrected chi connectivity index (χ3v) is 3.15. The Morgan fingerprint density at radius 3 is 2.81 bits per heavy atom. The van der Waals surface area contributed by atoms with Gasteiger partial charge in [0.25, 0.3) is 0 Å². The summed E-state index contributed by atoms with van der Waals surface area (Å²) in [5, 5.41) is 3.34. The van der Waals surface area contributed by atoms with Crippen LogP contribution in [0.15, 0.2) is 42.9 Å². The summed E-state index contributed by atoms with van der Waals surface area (Å²) < 4.78 is 5.79. The summed E-state index contributed by atoms with van der Waals surface area (Å²) in [5.41, 5.74) is 2.32. The van der Waals surface area contributed by atoms with E-state index in [0.717, 1.165) is 43.8 Å². The molecule has 0 spiro atoms.